The van der Waals surface area contributed by atoms with Crippen LogP contribution in [0.25, 0.3) is 0 Å². The zero-order valence-electron chi connectivity index (χ0n) is 13.1. The van der Waals surface area contributed by atoms with Crippen molar-refractivity contribution in [2.24, 2.45) is 5.41 Å². The molecule has 12 heteroatoms. The maximum absolute atomic E-state index is 13.9. The van der Waals surface area contributed by atoms with E-state index in [0.717, 1.165) is 13.0 Å². The van der Waals surface area contributed by atoms with Gasteiger partial charge in [0.05, 0.1) is 12.2 Å². The van der Waals surface area contributed by atoms with Gasteiger partial charge in [-0.15, -0.1) is 0 Å². The van der Waals surface area contributed by atoms with Crippen molar-refractivity contribution in [3.63, 3.8) is 0 Å². The molecule has 0 bridgehead atoms. The lowest BCUT2D eigenvalue weighted by molar-refractivity contribution is -0.402. The van der Waals surface area contributed by atoms with E-state index in [4.69, 9.17) is 5.11 Å². The third kappa shape index (κ3) is 4.49. The van der Waals surface area contributed by atoms with Crippen LogP contribution in [0.4, 0.5) is 48.3 Å². The molecule has 25 heavy (non-hydrogen) atoms. The van der Waals surface area contributed by atoms with Gasteiger partial charge >= 0.3 is 23.9 Å². The van der Waals surface area contributed by atoms with Crippen LogP contribution in [-0.2, 0) is 0 Å². The Balaban J connectivity index is 5.78. The predicted octanol–water partition coefficient (Wildman–Crippen LogP) is 6.36. The minimum atomic E-state index is -7.22. The Kier molecular flexibility index (Phi) is 6.17. The Morgan fingerprint density at radius 3 is 1.48 bits per heavy atom. The number of hydrogen-bond acceptors (Lipinski definition) is 1. The molecule has 1 nitrogen and oxygen atoms in total. The molecule has 0 saturated heterocycles. The second-order valence-corrected chi connectivity index (χ2v) is 6.17. The second-order valence-electron chi connectivity index (χ2n) is 6.17. The number of allylic oxidation sites excluding steroid dienone is 2. The first-order valence-corrected chi connectivity index (χ1v) is 6.56. The largest absolute Gasteiger partial charge is 0.513 e. The van der Waals surface area contributed by atoms with Crippen molar-refractivity contribution in [3.8, 4) is 0 Å². The van der Waals surface area contributed by atoms with Crippen LogP contribution < -0.4 is 0 Å². The number of aliphatic hydroxyl groups excluding tert-OH is 1. The van der Waals surface area contributed by atoms with E-state index in [1.165, 1.54) is 0 Å². The Labute approximate surface area is 135 Å². The van der Waals surface area contributed by atoms with Crippen molar-refractivity contribution in [2.75, 3.05) is 0 Å². The number of halogens is 11. The number of hydrogen-bond donors (Lipinski definition) is 1. The van der Waals surface area contributed by atoms with Gasteiger partial charge in [-0.05, 0) is 19.4 Å². The second kappa shape index (κ2) is 6.49. The SMILES string of the molecule is C/C(O)=C\CC(C)(C)C(F)(F)CC(F)(F)C(F)(F)C(F)(F)C(F)(F)F. The zero-order chi connectivity index (χ0) is 20.7. The van der Waals surface area contributed by atoms with Gasteiger partial charge in [0.2, 0.25) is 0 Å². The smallest absolute Gasteiger partial charge is 0.460 e. The van der Waals surface area contributed by atoms with E-state index in [9.17, 15) is 48.3 Å². The van der Waals surface area contributed by atoms with Crippen LogP contribution in [0.5, 0.6) is 0 Å². The highest BCUT2D eigenvalue weighted by Gasteiger charge is 2.82. The van der Waals surface area contributed by atoms with Crippen molar-refractivity contribution >= 4 is 0 Å². The van der Waals surface area contributed by atoms with E-state index < -0.39 is 53.9 Å². The Morgan fingerprint density at radius 1 is 0.760 bits per heavy atom. The van der Waals surface area contributed by atoms with Gasteiger partial charge in [0.15, 0.2) is 0 Å². The Bertz CT molecular complexity index is 499. The van der Waals surface area contributed by atoms with Gasteiger partial charge in [-0.25, -0.2) is 8.78 Å². The molecule has 150 valence electrons. The summed E-state index contributed by atoms with van der Waals surface area (Å²) in [6, 6.07) is 0. The van der Waals surface area contributed by atoms with Crippen molar-refractivity contribution in [2.45, 2.75) is 63.5 Å². The molecule has 0 aromatic heterocycles. The molecule has 0 aliphatic carbocycles. The van der Waals surface area contributed by atoms with Crippen LogP contribution in [0.15, 0.2) is 11.8 Å². The third-order valence-electron chi connectivity index (χ3n) is 3.55. The molecule has 0 aromatic rings. The molecule has 0 amide bonds. The first-order valence-electron chi connectivity index (χ1n) is 6.56. The molecule has 0 spiro atoms. The fraction of sp³-hybridized carbons (Fsp3) is 0.846. The lowest BCUT2D eigenvalue weighted by Crippen LogP contribution is -2.62. The summed E-state index contributed by atoms with van der Waals surface area (Å²) >= 11 is 0. The maximum atomic E-state index is 13.9. The predicted molar refractivity (Wildman–Crippen MR) is 65.2 cm³/mol. The summed E-state index contributed by atoms with van der Waals surface area (Å²) in [5.41, 5.74) is -2.55. The van der Waals surface area contributed by atoms with E-state index in [1.807, 2.05) is 0 Å². The molecular formula is C13H15F11O. The normalized spacial score (nSPS) is 16.3. The molecule has 0 radical (unpaired) electrons. The topological polar surface area (TPSA) is 20.2 Å². The van der Waals surface area contributed by atoms with Gasteiger partial charge in [-0.1, -0.05) is 13.8 Å². The number of aliphatic hydroxyl groups is 1. The zero-order valence-corrected chi connectivity index (χ0v) is 13.1. The number of alkyl halides is 11. The van der Waals surface area contributed by atoms with Crippen molar-refractivity contribution in [1.82, 2.24) is 0 Å². The molecule has 0 unspecified atom stereocenters. The van der Waals surface area contributed by atoms with E-state index in [-0.39, 0.29) is 0 Å². The summed E-state index contributed by atoms with van der Waals surface area (Å²) in [6.07, 6.45) is -10.4. The third-order valence-corrected chi connectivity index (χ3v) is 3.55. The van der Waals surface area contributed by atoms with Crippen LogP contribution in [-0.4, -0.2) is 35.0 Å². The fourth-order valence-electron chi connectivity index (χ4n) is 1.59. The lowest BCUT2D eigenvalue weighted by Gasteiger charge is -2.39. The summed E-state index contributed by atoms with van der Waals surface area (Å²) in [5.74, 6) is -26.0. The van der Waals surface area contributed by atoms with E-state index in [1.54, 1.807) is 0 Å². The van der Waals surface area contributed by atoms with Gasteiger partial charge < -0.3 is 5.11 Å². The van der Waals surface area contributed by atoms with Crippen LogP contribution in [0.2, 0.25) is 0 Å². The highest BCUT2D eigenvalue weighted by atomic mass is 19.4. The fourth-order valence-corrected chi connectivity index (χ4v) is 1.59. The summed E-state index contributed by atoms with van der Waals surface area (Å²) in [4.78, 5) is 0. The molecule has 0 aromatic carbocycles. The molecule has 0 rings (SSSR count). The van der Waals surface area contributed by atoms with Gasteiger partial charge in [0.1, 0.15) is 0 Å². The summed E-state index contributed by atoms with van der Waals surface area (Å²) in [6.45, 7) is 2.23. The first kappa shape index (κ1) is 23.8. The Hall–Kier alpha value is -1.23. The van der Waals surface area contributed by atoms with Crippen LogP contribution in [0.3, 0.4) is 0 Å². The molecule has 0 fully saturated rings. The maximum Gasteiger partial charge on any atom is 0.460 e. The van der Waals surface area contributed by atoms with E-state index in [0.29, 0.717) is 13.8 Å². The Morgan fingerprint density at radius 2 is 1.16 bits per heavy atom. The van der Waals surface area contributed by atoms with E-state index in [2.05, 4.69) is 0 Å². The minimum Gasteiger partial charge on any atom is -0.513 e. The van der Waals surface area contributed by atoms with Crippen LogP contribution >= 0.6 is 0 Å². The number of rotatable bonds is 7. The quantitative estimate of drug-likeness (QED) is 0.392. The summed E-state index contributed by atoms with van der Waals surface area (Å²) in [5, 5.41) is 8.86. The molecule has 0 heterocycles. The average Bonchev–Trinajstić information content (AvgIpc) is 2.33. The molecule has 1 N–H and O–H groups in total. The van der Waals surface area contributed by atoms with Crippen LogP contribution in [0, 0.1) is 5.41 Å². The van der Waals surface area contributed by atoms with Crippen molar-refractivity contribution < 1.29 is 53.4 Å². The molecular weight excluding hydrogens is 381 g/mol. The first-order chi connectivity index (χ1) is 10.6. The summed E-state index contributed by atoms with van der Waals surface area (Å²) in [7, 11) is 0. The van der Waals surface area contributed by atoms with Gasteiger partial charge in [-0.2, -0.15) is 39.5 Å². The van der Waals surface area contributed by atoms with Crippen LogP contribution in [0.1, 0.15) is 33.6 Å². The van der Waals surface area contributed by atoms with Crippen molar-refractivity contribution in [1.29, 1.82) is 0 Å². The average molecular weight is 396 g/mol. The lowest BCUT2D eigenvalue weighted by atomic mass is 9.78. The molecule has 0 aliphatic heterocycles. The van der Waals surface area contributed by atoms with Gasteiger partial charge in [0.25, 0.3) is 5.92 Å². The van der Waals surface area contributed by atoms with Crippen molar-refractivity contribution in [3.05, 3.63) is 11.8 Å². The highest BCUT2D eigenvalue weighted by Crippen LogP contribution is 2.57. The monoisotopic (exact) mass is 396 g/mol. The minimum absolute atomic E-state index is 0.510. The molecule has 0 aliphatic rings. The van der Waals surface area contributed by atoms with Gasteiger partial charge in [-0.3, -0.25) is 0 Å². The van der Waals surface area contributed by atoms with E-state index >= 15 is 0 Å². The standard InChI is InChI=1S/C13H15F11O/c1-7(25)4-5-8(2,3)9(14,15)6-10(16,17)11(18,19)12(20,21)13(22,23)24/h4,25H,5-6H2,1-3H3/b7-4+. The highest BCUT2D eigenvalue weighted by molar-refractivity contribution is 5.05. The molecule has 0 saturated carbocycles. The van der Waals surface area contributed by atoms with Gasteiger partial charge in [0, 0.05) is 5.41 Å². The molecule has 0 atom stereocenters. The summed E-state index contributed by atoms with van der Waals surface area (Å²) < 4.78 is 142.